The number of furan rings is 1. The van der Waals surface area contributed by atoms with Crippen LogP contribution in [0.1, 0.15) is 5.76 Å². The van der Waals surface area contributed by atoms with Gasteiger partial charge in [0.25, 0.3) is 5.56 Å². The Morgan fingerprint density at radius 2 is 2.13 bits per heavy atom. The Morgan fingerprint density at radius 1 is 1.40 bits per heavy atom. The number of hydrogen-bond donors (Lipinski definition) is 3. The van der Waals surface area contributed by atoms with Gasteiger partial charge in [0, 0.05) is 6.07 Å². The van der Waals surface area contributed by atoms with E-state index in [0.29, 0.717) is 0 Å². The molecular weight excluding hydrogens is 204 g/mol. The quantitative estimate of drug-likeness (QED) is 0.614. The fourth-order valence-electron chi connectivity index (χ4n) is 1.25. The molecule has 0 unspecified atom stereocenters. The van der Waals surface area contributed by atoms with E-state index in [0.717, 1.165) is 0 Å². The van der Waals surface area contributed by atoms with E-state index in [1.54, 1.807) is 0 Å². The van der Waals surface area contributed by atoms with Gasteiger partial charge in [0.15, 0.2) is 0 Å². The summed E-state index contributed by atoms with van der Waals surface area (Å²) in [4.78, 5) is 36.7. The van der Waals surface area contributed by atoms with Crippen molar-refractivity contribution in [3.05, 3.63) is 32.7 Å². The van der Waals surface area contributed by atoms with Crippen molar-refractivity contribution in [1.82, 2.24) is 9.97 Å². The van der Waals surface area contributed by atoms with Gasteiger partial charge in [-0.15, -0.1) is 0 Å². The van der Waals surface area contributed by atoms with Gasteiger partial charge in [-0.3, -0.25) is 14.6 Å². The molecule has 3 N–H and O–H groups in total. The smallest absolute Gasteiger partial charge is 0.326 e. The van der Waals surface area contributed by atoms with E-state index in [2.05, 4.69) is 4.98 Å². The number of carboxylic acid groups (broad SMARTS) is 1. The molecule has 0 aliphatic carbocycles. The average Bonchev–Trinajstić information content (AvgIpc) is 2.45. The number of aromatic nitrogens is 2. The van der Waals surface area contributed by atoms with Gasteiger partial charge in [0.05, 0.1) is 5.52 Å². The van der Waals surface area contributed by atoms with Crippen LogP contribution in [0.3, 0.4) is 0 Å². The summed E-state index contributed by atoms with van der Waals surface area (Å²) in [6.07, 6.45) is -0.337. The topological polar surface area (TPSA) is 116 Å². The maximum atomic E-state index is 11.2. The van der Waals surface area contributed by atoms with Gasteiger partial charge < -0.3 is 14.5 Å². The Balaban J connectivity index is 2.65. The molecule has 7 heteroatoms. The number of carboxylic acids is 1. The van der Waals surface area contributed by atoms with Crippen LogP contribution in [0, 0.1) is 0 Å². The number of fused-ring (bicyclic) bond motifs is 1. The molecule has 78 valence electrons. The average molecular weight is 210 g/mol. The van der Waals surface area contributed by atoms with Crippen molar-refractivity contribution >= 4 is 17.1 Å². The molecule has 0 aliphatic heterocycles. The lowest BCUT2D eigenvalue weighted by Crippen LogP contribution is -2.20. The van der Waals surface area contributed by atoms with Crippen LogP contribution in [0.15, 0.2) is 20.1 Å². The number of aromatic amines is 2. The van der Waals surface area contributed by atoms with E-state index < -0.39 is 17.2 Å². The van der Waals surface area contributed by atoms with E-state index >= 15 is 0 Å². The number of rotatable bonds is 2. The van der Waals surface area contributed by atoms with Crippen LogP contribution in [0.4, 0.5) is 0 Å². The first-order valence-electron chi connectivity index (χ1n) is 4.03. The molecule has 0 amide bonds. The molecule has 0 fully saturated rings. The highest BCUT2D eigenvalue weighted by atomic mass is 16.4. The van der Waals surface area contributed by atoms with E-state index in [4.69, 9.17) is 9.52 Å². The van der Waals surface area contributed by atoms with Crippen LogP contribution in [0.25, 0.3) is 11.1 Å². The molecule has 2 heterocycles. The lowest BCUT2D eigenvalue weighted by atomic mass is 10.3. The summed E-state index contributed by atoms with van der Waals surface area (Å²) in [5, 5.41) is 8.50. The van der Waals surface area contributed by atoms with Crippen LogP contribution in [0.5, 0.6) is 0 Å². The Bertz CT molecular complexity index is 632. The fraction of sp³-hybridized carbons (Fsp3) is 0.125. The molecule has 7 nitrogen and oxygen atoms in total. The molecule has 2 aromatic rings. The summed E-state index contributed by atoms with van der Waals surface area (Å²) in [5.74, 6) is -0.960. The van der Waals surface area contributed by atoms with Gasteiger partial charge in [-0.2, -0.15) is 0 Å². The van der Waals surface area contributed by atoms with Crippen molar-refractivity contribution in [2.75, 3.05) is 0 Å². The van der Waals surface area contributed by atoms with E-state index in [9.17, 15) is 14.4 Å². The minimum absolute atomic E-state index is 0.0779. The summed E-state index contributed by atoms with van der Waals surface area (Å²) in [7, 11) is 0. The molecule has 15 heavy (non-hydrogen) atoms. The van der Waals surface area contributed by atoms with Crippen LogP contribution in [-0.2, 0) is 11.2 Å². The first-order chi connectivity index (χ1) is 7.06. The van der Waals surface area contributed by atoms with Crippen LogP contribution in [0.2, 0.25) is 0 Å². The third-order valence-corrected chi connectivity index (χ3v) is 1.79. The minimum atomic E-state index is -1.08. The molecule has 2 aromatic heterocycles. The molecular formula is C8H6N2O5. The van der Waals surface area contributed by atoms with Crippen LogP contribution < -0.4 is 11.2 Å². The van der Waals surface area contributed by atoms with E-state index in [1.165, 1.54) is 6.07 Å². The summed E-state index contributed by atoms with van der Waals surface area (Å²) in [6.45, 7) is 0. The minimum Gasteiger partial charge on any atom is -0.481 e. The zero-order valence-corrected chi connectivity index (χ0v) is 7.36. The van der Waals surface area contributed by atoms with Gasteiger partial charge in [-0.05, 0) is 0 Å². The molecule has 0 saturated heterocycles. The molecule has 0 saturated carbocycles. The Labute approximate surface area is 81.4 Å². The summed E-state index contributed by atoms with van der Waals surface area (Å²) < 4.78 is 4.97. The fourth-order valence-corrected chi connectivity index (χ4v) is 1.25. The maximum absolute atomic E-state index is 11.2. The van der Waals surface area contributed by atoms with Gasteiger partial charge >= 0.3 is 11.7 Å². The predicted molar refractivity (Wildman–Crippen MR) is 48.8 cm³/mol. The summed E-state index contributed by atoms with van der Waals surface area (Å²) in [5.41, 5.74) is -1.22. The second-order valence-corrected chi connectivity index (χ2v) is 2.93. The lowest BCUT2D eigenvalue weighted by Gasteiger charge is -1.86. The Kier molecular flexibility index (Phi) is 1.93. The van der Waals surface area contributed by atoms with Crippen molar-refractivity contribution in [3.63, 3.8) is 0 Å². The lowest BCUT2D eigenvalue weighted by molar-refractivity contribution is -0.136. The largest absolute Gasteiger partial charge is 0.481 e. The number of aliphatic carboxylic acids is 1. The second kappa shape index (κ2) is 3.12. The highest BCUT2D eigenvalue weighted by molar-refractivity contribution is 5.75. The first kappa shape index (κ1) is 9.25. The molecule has 0 aromatic carbocycles. The highest BCUT2D eigenvalue weighted by Gasteiger charge is 2.10. The van der Waals surface area contributed by atoms with Crippen molar-refractivity contribution in [3.8, 4) is 0 Å². The zero-order chi connectivity index (χ0) is 11.0. The first-order valence-corrected chi connectivity index (χ1v) is 4.03. The highest BCUT2D eigenvalue weighted by Crippen LogP contribution is 2.12. The van der Waals surface area contributed by atoms with Crippen LogP contribution >= 0.6 is 0 Å². The van der Waals surface area contributed by atoms with Crippen molar-refractivity contribution in [2.24, 2.45) is 0 Å². The molecule has 0 bridgehead atoms. The summed E-state index contributed by atoms with van der Waals surface area (Å²) in [6, 6.07) is 1.32. The van der Waals surface area contributed by atoms with Gasteiger partial charge in [0.1, 0.15) is 12.2 Å². The Hall–Kier alpha value is -2.31. The maximum Gasteiger partial charge on any atom is 0.326 e. The SMILES string of the molecule is O=C(O)Cc1cc2[nH]c(=O)[nH]c(=O)c2o1. The third kappa shape index (κ3) is 1.66. The number of nitrogens with one attached hydrogen (secondary N) is 2. The van der Waals surface area contributed by atoms with Crippen molar-refractivity contribution < 1.29 is 14.3 Å². The normalized spacial score (nSPS) is 10.7. The number of H-pyrrole nitrogens is 2. The predicted octanol–water partition coefficient (Wildman–Crippen LogP) is -0.564. The molecule has 0 atom stereocenters. The van der Waals surface area contributed by atoms with Gasteiger partial charge in [-0.25, -0.2) is 4.79 Å². The Morgan fingerprint density at radius 3 is 2.80 bits per heavy atom. The van der Waals surface area contributed by atoms with Gasteiger partial charge in [-0.1, -0.05) is 0 Å². The van der Waals surface area contributed by atoms with E-state index in [-0.39, 0.29) is 23.3 Å². The van der Waals surface area contributed by atoms with Crippen molar-refractivity contribution in [1.29, 1.82) is 0 Å². The molecule has 0 radical (unpaired) electrons. The zero-order valence-electron chi connectivity index (χ0n) is 7.36. The van der Waals surface area contributed by atoms with Gasteiger partial charge in [0.2, 0.25) is 5.58 Å². The second-order valence-electron chi connectivity index (χ2n) is 2.93. The summed E-state index contributed by atoms with van der Waals surface area (Å²) >= 11 is 0. The standard InChI is InChI=1S/C8H6N2O5/c11-5(12)2-3-1-4-6(15-3)7(13)10-8(14)9-4/h1H,2H2,(H,11,12)(H2,9,10,13,14). The van der Waals surface area contributed by atoms with Crippen LogP contribution in [-0.4, -0.2) is 21.0 Å². The van der Waals surface area contributed by atoms with E-state index in [1.807, 2.05) is 4.98 Å². The molecule has 0 spiro atoms. The molecule has 2 rings (SSSR count). The number of carbonyl (C=O) groups is 1. The number of hydrogen-bond acceptors (Lipinski definition) is 4. The molecule has 0 aliphatic rings. The third-order valence-electron chi connectivity index (χ3n) is 1.79. The van der Waals surface area contributed by atoms with Crippen molar-refractivity contribution in [2.45, 2.75) is 6.42 Å². The monoisotopic (exact) mass is 210 g/mol.